The van der Waals surface area contributed by atoms with Crippen molar-refractivity contribution < 1.29 is 27.5 Å². The summed E-state index contributed by atoms with van der Waals surface area (Å²) in [6, 6.07) is 8.22. The van der Waals surface area contributed by atoms with Gasteiger partial charge in [-0.15, -0.1) is 0 Å². The van der Waals surface area contributed by atoms with E-state index in [1.54, 1.807) is 24.3 Å². The molecule has 2 aromatic rings. The van der Waals surface area contributed by atoms with Gasteiger partial charge in [-0.3, -0.25) is 9.59 Å². The third kappa shape index (κ3) is 3.74. The SMILES string of the molecule is CCOc1ccc(NC(=O)C2(C(=O)Nc3ccc(F)c(F)c3F)CC2)cc1. The number of hydrogen-bond donors (Lipinski definition) is 2. The number of ether oxygens (including phenoxy) is 1. The van der Waals surface area contributed by atoms with E-state index in [0.29, 0.717) is 24.1 Å². The van der Waals surface area contributed by atoms with E-state index >= 15 is 0 Å². The molecule has 0 bridgehead atoms. The van der Waals surface area contributed by atoms with Crippen LogP contribution in [0.25, 0.3) is 0 Å². The number of rotatable bonds is 6. The number of hydrogen-bond acceptors (Lipinski definition) is 3. The van der Waals surface area contributed by atoms with Crippen LogP contribution in [0.15, 0.2) is 36.4 Å². The average Bonchev–Trinajstić information content (AvgIpc) is 3.46. The summed E-state index contributed by atoms with van der Waals surface area (Å²) in [5.41, 5.74) is -1.41. The Morgan fingerprint density at radius 1 is 0.963 bits per heavy atom. The molecular formula is C19H17F3N2O3. The largest absolute Gasteiger partial charge is 0.494 e. The third-order valence-corrected chi connectivity index (χ3v) is 4.33. The van der Waals surface area contributed by atoms with E-state index in [1.807, 2.05) is 6.92 Å². The van der Waals surface area contributed by atoms with E-state index in [2.05, 4.69) is 10.6 Å². The van der Waals surface area contributed by atoms with Crippen molar-refractivity contribution in [2.75, 3.05) is 17.2 Å². The first kappa shape index (κ1) is 18.8. The number of anilines is 2. The number of amides is 2. The topological polar surface area (TPSA) is 67.4 Å². The zero-order chi connectivity index (χ0) is 19.6. The highest BCUT2D eigenvalue weighted by Crippen LogP contribution is 2.47. The van der Waals surface area contributed by atoms with Crippen LogP contribution in [0.5, 0.6) is 5.75 Å². The highest BCUT2D eigenvalue weighted by molar-refractivity contribution is 6.16. The molecule has 0 saturated heterocycles. The Labute approximate surface area is 153 Å². The molecular weight excluding hydrogens is 361 g/mol. The van der Waals surface area contributed by atoms with Gasteiger partial charge in [-0.1, -0.05) is 0 Å². The summed E-state index contributed by atoms with van der Waals surface area (Å²) in [4.78, 5) is 25.0. The Balaban J connectivity index is 1.69. The van der Waals surface area contributed by atoms with Crippen LogP contribution in [0.4, 0.5) is 24.5 Å². The second kappa shape index (κ2) is 7.30. The van der Waals surface area contributed by atoms with E-state index < -0.39 is 40.4 Å². The molecule has 5 nitrogen and oxygen atoms in total. The Hall–Kier alpha value is -3.03. The summed E-state index contributed by atoms with van der Waals surface area (Å²) in [6.07, 6.45) is 0.542. The van der Waals surface area contributed by atoms with Crippen molar-refractivity contribution in [2.24, 2.45) is 5.41 Å². The predicted molar refractivity (Wildman–Crippen MR) is 92.9 cm³/mol. The molecule has 0 aliphatic heterocycles. The van der Waals surface area contributed by atoms with Crippen LogP contribution in [0.3, 0.4) is 0 Å². The quantitative estimate of drug-likeness (QED) is 0.593. The Kier molecular flexibility index (Phi) is 5.07. The first-order valence-corrected chi connectivity index (χ1v) is 8.36. The van der Waals surface area contributed by atoms with E-state index in [4.69, 9.17) is 4.74 Å². The van der Waals surface area contributed by atoms with Crippen molar-refractivity contribution in [3.8, 4) is 5.75 Å². The Bertz CT molecular complexity index is 881. The molecule has 0 aromatic heterocycles. The molecule has 1 aliphatic carbocycles. The lowest BCUT2D eigenvalue weighted by molar-refractivity contribution is -0.131. The number of halogens is 3. The molecule has 0 heterocycles. The van der Waals surface area contributed by atoms with Gasteiger partial charge in [0.1, 0.15) is 11.2 Å². The van der Waals surface area contributed by atoms with Crippen LogP contribution in [0, 0.1) is 22.9 Å². The third-order valence-electron chi connectivity index (χ3n) is 4.33. The van der Waals surface area contributed by atoms with Crippen molar-refractivity contribution in [3.05, 3.63) is 53.8 Å². The zero-order valence-corrected chi connectivity index (χ0v) is 14.4. The van der Waals surface area contributed by atoms with Crippen LogP contribution in [-0.4, -0.2) is 18.4 Å². The number of nitrogens with one attached hydrogen (secondary N) is 2. The number of carbonyl (C=O) groups is 2. The fourth-order valence-corrected chi connectivity index (χ4v) is 2.60. The van der Waals surface area contributed by atoms with E-state index in [-0.39, 0.29) is 12.8 Å². The minimum absolute atomic E-state index is 0.271. The lowest BCUT2D eigenvalue weighted by Gasteiger charge is -2.16. The molecule has 0 spiro atoms. The average molecular weight is 378 g/mol. The fourth-order valence-electron chi connectivity index (χ4n) is 2.60. The number of carbonyl (C=O) groups excluding carboxylic acids is 2. The maximum atomic E-state index is 13.7. The molecule has 2 amide bonds. The van der Waals surface area contributed by atoms with Gasteiger partial charge in [0, 0.05) is 5.69 Å². The molecule has 3 rings (SSSR count). The summed E-state index contributed by atoms with van der Waals surface area (Å²) in [7, 11) is 0. The summed E-state index contributed by atoms with van der Waals surface area (Å²) >= 11 is 0. The molecule has 1 fully saturated rings. The highest BCUT2D eigenvalue weighted by Gasteiger charge is 2.56. The van der Waals surface area contributed by atoms with Gasteiger partial charge in [0.05, 0.1) is 12.3 Å². The van der Waals surface area contributed by atoms with Gasteiger partial charge in [0.25, 0.3) is 0 Å². The maximum absolute atomic E-state index is 13.7. The monoisotopic (exact) mass is 378 g/mol. The Morgan fingerprint density at radius 3 is 2.19 bits per heavy atom. The molecule has 1 aliphatic rings. The number of benzene rings is 2. The Morgan fingerprint density at radius 2 is 1.59 bits per heavy atom. The van der Waals surface area contributed by atoms with Gasteiger partial charge < -0.3 is 15.4 Å². The molecule has 2 N–H and O–H groups in total. The van der Waals surface area contributed by atoms with Crippen molar-refractivity contribution in [1.82, 2.24) is 0 Å². The van der Waals surface area contributed by atoms with Gasteiger partial charge in [-0.2, -0.15) is 0 Å². The van der Waals surface area contributed by atoms with Gasteiger partial charge in [-0.05, 0) is 56.2 Å². The zero-order valence-electron chi connectivity index (χ0n) is 14.4. The molecule has 0 atom stereocenters. The van der Waals surface area contributed by atoms with Gasteiger partial charge in [0.2, 0.25) is 11.8 Å². The highest BCUT2D eigenvalue weighted by atomic mass is 19.2. The van der Waals surface area contributed by atoms with Crippen LogP contribution in [0.2, 0.25) is 0 Å². The van der Waals surface area contributed by atoms with Crippen molar-refractivity contribution in [3.63, 3.8) is 0 Å². The summed E-state index contributed by atoms with van der Waals surface area (Å²) in [5.74, 6) is -5.23. The maximum Gasteiger partial charge on any atom is 0.240 e. The van der Waals surface area contributed by atoms with Crippen LogP contribution < -0.4 is 15.4 Å². The van der Waals surface area contributed by atoms with Gasteiger partial charge in [-0.25, -0.2) is 13.2 Å². The lowest BCUT2D eigenvalue weighted by Crippen LogP contribution is -2.36. The van der Waals surface area contributed by atoms with Gasteiger partial charge >= 0.3 is 0 Å². The molecule has 8 heteroatoms. The minimum Gasteiger partial charge on any atom is -0.494 e. The molecule has 2 aromatic carbocycles. The molecule has 0 radical (unpaired) electrons. The van der Waals surface area contributed by atoms with Crippen LogP contribution >= 0.6 is 0 Å². The normalized spacial score (nSPS) is 14.4. The van der Waals surface area contributed by atoms with Crippen molar-refractivity contribution >= 4 is 23.2 Å². The molecule has 0 unspecified atom stereocenters. The summed E-state index contributed by atoms with van der Waals surface area (Å²) in [6.45, 7) is 2.36. The standard InChI is InChI=1S/C19H17F3N2O3/c1-2-27-12-5-3-11(4-6-12)23-17(25)19(9-10-19)18(26)24-14-8-7-13(20)15(21)16(14)22/h3-8H,2,9-10H2,1H3,(H,23,25)(H,24,26). The van der Waals surface area contributed by atoms with E-state index in [9.17, 15) is 22.8 Å². The smallest absolute Gasteiger partial charge is 0.240 e. The van der Waals surface area contributed by atoms with E-state index in [0.717, 1.165) is 6.07 Å². The summed E-state index contributed by atoms with van der Waals surface area (Å²) in [5, 5.41) is 4.80. The van der Waals surface area contributed by atoms with E-state index in [1.165, 1.54) is 0 Å². The predicted octanol–water partition coefficient (Wildman–Crippen LogP) is 3.86. The minimum atomic E-state index is -1.68. The lowest BCUT2D eigenvalue weighted by atomic mass is 10.0. The second-order valence-corrected chi connectivity index (χ2v) is 6.17. The van der Waals surface area contributed by atoms with Crippen molar-refractivity contribution in [2.45, 2.75) is 19.8 Å². The summed E-state index contributed by atoms with van der Waals surface area (Å²) < 4.78 is 45.3. The van der Waals surface area contributed by atoms with Crippen molar-refractivity contribution in [1.29, 1.82) is 0 Å². The molecule has 1 saturated carbocycles. The first-order valence-electron chi connectivity index (χ1n) is 8.36. The van der Waals surface area contributed by atoms with Gasteiger partial charge in [0.15, 0.2) is 17.5 Å². The fraction of sp³-hybridized carbons (Fsp3) is 0.263. The second-order valence-electron chi connectivity index (χ2n) is 6.17. The molecule has 27 heavy (non-hydrogen) atoms. The molecule has 142 valence electrons. The van der Waals surface area contributed by atoms with Crippen LogP contribution in [-0.2, 0) is 9.59 Å². The first-order chi connectivity index (χ1) is 12.9. The van der Waals surface area contributed by atoms with Crippen LogP contribution in [0.1, 0.15) is 19.8 Å².